The highest BCUT2D eigenvalue weighted by atomic mass is 35.5. The predicted molar refractivity (Wildman–Crippen MR) is 114 cm³/mol. The lowest BCUT2D eigenvalue weighted by molar-refractivity contribution is -0.136. The lowest BCUT2D eigenvalue weighted by Gasteiger charge is -2.07. The molecule has 152 valence electrons. The molecule has 0 saturated heterocycles. The van der Waals surface area contributed by atoms with Gasteiger partial charge in [0.2, 0.25) is 5.91 Å². The molecule has 0 aliphatic heterocycles. The zero-order chi connectivity index (χ0) is 21.4. The molecule has 0 aromatic heterocycles. The summed E-state index contributed by atoms with van der Waals surface area (Å²) in [6.45, 7) is 3.74. The van der Waals surface area contributed by atoms with E-state index in [9.17, 15) is 14.4 Å². The normalized spacial score (nSPS) is 11.0. The second-order valence-electron chi connectivity index (χ2n) is 6.29. The average molecular weight is 435 g/mol. The van der Waals surface area contributed by atoms with Gasteiger partial charge in [-0.05, 0) is 49.2 Å². The third-order valence-electron chi connectivity index (χ3n) is 3.80. The number of halogens is 2. The van der Waals surface area contributed by atoms with Crippen molar-refractivity contribution in [3.8, 4) is 0 Å². The van der Waals surface area contributed by atoms with E-state index < -0.39 is 11.8 Å². The molecule has 3 N–H and O–H groups in total. The van der Waals surface area contributed by atoms with Gasteiger partial charge in [-0.1, -0.05) is 41.4 Å². The number of hydrogen-bond donors (Lipinski definition) is 3. The van der Waals surface area contributed by atoms with Crippen molar-refractivity contribution >= 4 is 52.3 Å². The zero-order valence-corrected chi connectivity index (χ0v) is 17.4. The Morgan fingerprint density at radius 1 is 1.00 bits per heavy atom. The molecular formula is C20H20Cl2N4O3. The number of rotatable bonds is 6. The van der Waals surface area contributed by atoms with E-state index in [0.717, 1.165) is 11.1 Å². The van der Waals surface area contributed by atoms with Gasteiger partial charge in [-0.3, -0.25) is 14.4 Å². The predicted octanol–water partition coefficient (Wildman–Crippen LogP) is 3.44. The van der Waals surface area contributed by atoms with Crippen molar-refractivity contribution in [3.05, 3.63) is 63.6 Å². The molecule has 0 unspecified atom stereocenters. The van der Waals surface area contributed by atoms with E-state index in [0.29, 0.717) is 28.0 Å². The molecular weight excluding hydrogens is 415 g/mol. The fraction of sp³-hybridized carbons (Fsp3) is 0.200. The second kappa shape index (κ2) is 10.6. The Bertz CT molecular complexity index is 943. The average Bonchev–Trinajstić information content (AvgIpc) is 2.68. The van der Waals surface area contributed by atoms with Crippen LogP contribution in [0.15, 0.2) is 47.6 Å². The van der Waals surface area contributed by atoms with Crippen molar-refractivity contribution in [2.75, 3.05) is 5.32 Å². The Balaban J connectivity index is 1.78. The summed E-state index contributed by atoms with van der Waals surface area (Å²) in [5.74, 6) is -2.12. The molecule has 0 radical (unpaired) electrons. The number of carbonyl (C=O) groups is 3. The summed E-state index contributed by atoms with van der Waals surface area (Å²) in [7, 11) is 0. The molecule has 2 aromatic carbocycles. The van der Waals surface area contributed by atoms with Crippen LogP contribution in [0, 0.1) is 6.92 Å². The van der Waals surface area contributed by atoms with Crippen molar-refractivity contribution in [2.45, 2.75) is 26.8 Å². The third kappa shape index (κ3) is 7.56. The van der Waals surface area contributed by atoms with Crippen molar-refractivity contribution in [1.82, 2.24) is 10.7 Å². The molecule has 9 heteroatoms. The highest BCUT2D eigenvalue weighted by Gasteiger charge is 2.14. The molecule has 29 heavy (non-hydrogen) atoms. The van der Waals surface area contributed by atoms with Crippen LogP contribution in [0.4, 0.5) is 5.69 Å². The quantitative estimate of drug-likeness (QED) is 0.368. The van der Waals surface area contributed by atoms with Gasteiger partial charge in [0.25, 0.3) is 0 Å². The number of benzene rings is 2. The number of hydrogen-bond acceptors (Lipinski definition) is 4. The van der Waals surface area contributed by atoms with E-state index in [2.05, 4.69) is 21.2 Å². The highest BCUT2D eigenvalue weighted by Crippen LogP contribution is 2.19. The summed E-state index contributed by atoms with van der Waals surface area (Å²) in [5, 5.41) is 10.0. The van der Waals surface area contributed by atoms with Crippen LogP contribution < -0.4 is 16.1 Å². The minimum atomic E-state index is -0.956. The smallest absolute Gasteiger partial charge is 0.329 e. The van der Waals surface area contributed by atoms with E-state index in [1.807, 2.05) is 19.1 Å². The summed E-state index contributed by atoms with van der Waals surface area (Å²) in [4.78, 5) is 35.7. The molecule has 0 fully saturated rings. The van der Waals surface area contributed by atoms with Crippen LogP contribution >= 0.6 is 23.2 Å². The molecule has 0 spiro atoms. The molecule has 0 atom stereocenters. The van der Waals surface area contributed by atoms with Crippen molar-refractivity contribution in [3.63, 3.8) is 0 Å². The Morgan fingerprint density at radius 2 is 1.69 bits per heavy atom. The van der Waals surface area contributed by atoms with Gasteiger partial charge in [-0.15, -0.1) is 0 Å². The molecule has 0 saturated carbocycles. The van der Waals surface area contributed by atoms with E-state index in [1.165, 1.54) is 0 Å². The van der Waals surface area contributed by atoms with Crippen LogP contribution in [-0.4, -0.2) is 23.4 Å². The monoisotopic (exact) mass is 434 g/mol. The molecule has 0 bridgehead atoms. The van der Waals surface area contributed by atoms with Crippen molar-refractivity contribution < 1.29 is 14.4 Å². The maximum atomic E-state index is 12.0. The molecule has 0 aliphatic rings. The molecule has 2 rings (SSSR count). The van der Waals surface area contributed by atoms with E-state index in [4.69, 9.17) is 23.2 Å². The Labute approximate surface area is 178 Å². The number of amides is 3. The largest absolute Gasteiger partial charge is 0.352 e. The first-order valence-corrected chi connectivity index (χ1v) is 9.42. The van der Waals surface area contributed by atoms with Gasteiger partial charge in [0.05, 0.1) is 6.42 Å². The molecule has 0 heterocycles. The number of nitrogens with one attached hydrogen (secondary N) is 3. The fourth-order valence-electron chi connectivity index (χ4n) is 2.19. The number of aryl methyl sites for hydroxylation is 1. The maximum Gasteiger partial charge on any atom is 0.329 e. The van der Waals surface area contributed by atoms with Crippen LogP contribution in [0.5, 0.6) is 0 Å². The summed E-state index contributed by atoms with van der Waals surface area (Å²) in [5.41, 5.74) is 4.61. The van der Waals surface area contributed by atoms with Gasteiger partial charge in [0.1, 0.15) is 0 Å². The topological polar surface area (TPSA) is 99.7 Å². The standard InChI is InChI=1S/C20H20Cl2N4O3/c1-12-3-8-16(10-17(12)22)24-19(28)20(29)26-25-13(2)9-18(27)23-11-14-4-6-15(21)7-5-14/h3-8,10H,9,11H2,1-2H3,(H,23,27)(H,24,28)(H,26,29)/b25-13-. The van der Waals surface area contributed by atoms with E-state index >= 15 is 0 Å². The minimum absolute atomic E-state index is 0.0247. The molecule has 0 aliphatic carbocycles. The van der Waals surface area contributed by atoms with Gasteiger partial charge in [-0.25, -0.2) is 5.43 Å². The first-order valence-electron chi connectivity index (χ1n) is 8.66. The molecule has 7 nitrogen and oxygen atoms in total. The minimum Gasteiger partial charge on any atom is -0.352 e. The molecule has 3 amide bonds. The lowest BCUT2D eigenvalue weighted by atomic mass is 10.2. The first kappa shape index (κ1) is 22.4. The van der Waals surface area contributed by atoms with E-state index in [-0.39, 0.29) is 12.3 Å². The summed E-state index contributed by atoms with van der Waals surface area (Å²) < 4.78 is 0. The molecule has 2 aromatic rings. The van der Waals surface area contributed by atoms with Gasteiger partial charge >= 0.3 is 11.8 Å². The van der Waals surface area contributed by atoms with Gasteiger partial charge in [0.15, 0.2) is 0 Å². The summed E-state index contributed by atoms with van der Waals surface area (Å²) >= 11 is 11.8. The van der Waals surface area contributed by atoms with Crippen LogP contribution in [-0.2, 0) is 20.9 Å². The zero-order valence-electron chi connectivity index (χ0n) is 15.9. The Morgan fingerprint density at radius 3 is 2.34 bits per heavy atom. The van der Waals surface area contributed by atoms with Gasteiger partial charge in [-0.2, -0.15) is 5.10 Å². The van der Waals surface area contributed by atoms with Gasteiger partial charge < -0.3 is 10.6 Å². The number of hydrazone groups is 1. The summed E-state index contributed by atoms with van der Waals surface area (Å²) in [6, 6.07) is 12.0. The maximum absolute atomic E-state index is 12.0. The third-order valence-corrected chi connectivity index (χ3v) is 4.46. The van der Waals surface area contributed by atoms with Crippen LogP contribution in [0.2, 0.25) is 10.0 Å². The van der Waals surface area contributed by atoms with Gasteiger partial charge in [0, 0.05) is 28.0 Å². The van der Waals surface area contributed by atoms with Crippen LogP contribution in [0.25, 0.3) is 0 Å². The number of nitrogens with zero attached hydrogens (tertiary/aromatic N) is 1. The number of anilines is 1. The lowest BCUT2D eigenvalue weighted by Crippen LogP contribution is -2.33. The fourth-order valence-corrected chi connectivity index (χ4v) is 2.50. The Kier molecular flexibility index (Phi) is 8.18. The highest BCUT2D eigenvalue weighted by molar-refractivity contribution is 6.40. The number of carbonyl (C=O) groups excluding carboxylic acids is 3. The SMILES string of the molecule is C/C(CC(=O)NCc1ccc(Cl)cc1)=N/NC(=O)C(=O)Nc1ccc(C)c(Cl)c1. The van der Waals surface area contributed by atoms with Crippen LogP contribution in [0.1, 0.15) is 24.5 Å². The first-order chi connectivity index (χ1) is 13.7. The summed E-state index contributed by atoms with van der Waals surface area (Å²) in [6.07, 6.45) is -0.0247. The van der Waals surface area contributed by atoms with Crippen molar-refractivity contribution in [1.29, 1.82) is 0 Å². The Hall–Kier alpha value is -2.90. The van der Waals surface area contributed by atoms with E-state index in [1.54, 1.807) is 37.3 Å². The second-order valence-corrected chi connectivity index (χ2v) is 7.13. The van der Waals surface area contributed by atoms with Crippen LogP contribution in [0.3, 0.4) is 0 Å². The van der Waals surface area contributed by atoms with Crippen molar-refractivity contribution in [2.24, 2.45) is 5.10 Å².